The molecule has 1 amide bonds. The summed E-state index contributed by atoms with van der Waals surface area (Å²) in [7, 11) is 0. The van der Waals surface area contributed by atoms with Crippen molar-refractivity contribution in [3.63, 3.8) is 0 Å². The molecule has 1 unspecified atom stereocenters. The summed E-state index contributed by atoms with van der Waals surface area (Å²) in [5, 5.41) is 27.2. The standard InChI is InChI=1S/C37H46N4O5S/c1-24(2)33-19-28(22-47-33)36(45)41-15-16-46-37(23-41)11-13-40(14-12-37)21-27-6-4-5-26(18-27)17-25(3)38-20-32(43)29-7-9-31(42)35-30(29)8-10-34(44)39-35/h4-10,18-19,22,24-25,32,38,42-43H,11-17,20-21,23H2,1-3H3,(H,39,44)/t25?,32-/m0/s1. The summed E-state index contributed by atoms with van der Waals surface area (Å²) in [5.41, 5.74) is 3.73. The molecule has 0 saturated carbocycles. The number of pyridine rings is 1. The predicted molar refractivity (Wildman–Crippen MR) is 186 cm³/mol. The molecule has 0 radical (unpaired) electrons. The van der Waals surface area contributed by atoms with Gasteiger partial charge in [0.2, 0.25) is 5.56 Å². The van der Waals surface area contributed by atoms with Crippen LogP contribution >= 0.6 is 11.3 Å². The first-order valence-electron chi connectivity index (χ1n) is 16.7. The summed E-state index contributed by atoms with van der Waals surface area (Å²) in [6, 6.07) is 17.1. The van der Waals surface area contributed by atoms with Crippen LogP contribution in [0.15, 0.2) is 64.8 Å². The number of hydrogen-bond acceptors (Lipinski definition) is 8. The number of amides is 1. The van der Waals surface area contributed by atoms with Crippen molar-refractivity contribution in [3.05, 3.63) is 97.5 Å². The molecule has 4 aromatic rings. The van der Waals surface area contributed by atoms with Crippen LogP contribution in [0.25, 0.3) is 10.9 Å². The van der Waals surface area contributed by atoms with Crippen LogP contribution in [0, 0.1) is 0 Å². The molecule has 2 aliphatic heterocycles. The van der Waals surface area contributed by atoms with E-state index < -0.39 is 6.10 Å². The first kappa shape index (κ1) is 33.4. The fourth-order valence-corrected chi connectivity index (χ4v) is 7.80. The molecular weight excluding hydrogens is 612 g/mol. The van der Waals surface area contributed by atoms with E-state index in [0.717, 1.165) is 44.5 Å². The van der Waals surface area contributed by atoms with Crippen LogP contribution in [0.1, 0.15) is 77.6 Å². The molecule has 250 valence electrons. The van der Waals surface area contributed by atoms with Gasteiger partial charge in [-0.05, 0) is 67.0 Å². The van der Waals surface area contributed by atoms with Gasteiger partial charge in [0.1, 0.15) is 5.75 Å². The number of phenolic OH excluding ortho intramolecular Hbond substituents is 1. The van der Waals surface area contributed by atoms with Crippen LogP contribution < -0.4 is 10.9 Å². The number of rotatable bonds is 10. The molecule has 2 aromatic heterocycles. The number of aliphatic hydroxyl groups excluding tert-OH is 1. The van der Waals surface area contributed by atoms with Gasteiger partial charge < -0.3 is 30.2 Å². The SMILES string of the molecule is CC(Cc1cccc(CN2CCC3(CC2)CN(C(=O)c2csc(C(C)C)c2)CCO3)c1)NC[C@H](O)c1ccc(O)c2[nH]c(=O)ccc12. The summed E-state index contributed by atoms with van der Waals surface area (Å²) < 4.78 is 6.36. The molecule has 2 aliphatic rings. The lowest BCUT2D eigenvalue weighted by Gasteiger charge is -2.47. The number of likely N-dealkylation sites (tertiary alicyclic amines) is 1. The molecule has 4 N–H and O–H groups in total. The Kier molecular flexibility index (Phi) is 10.1. The average Bonchev–Trinajstić information content (AvgIpc) is 3.56. The van der Waals surface area contributed by atoms with Gasteiger partial charge in [-0.2, -0.15) is 0 Å². The molecule has 10 heteroatoms. The van der Waals surface area contributed by atoms with E-state index in [4.69, 9.17) is 4.74 Å². The van der Waals surface area contributed by atoms with Crippen molar-refractivity contribution in [1.82, 2.24) is 20.1 Å². The van der Waals surface area contributed by atoms with Crippen molar-refractivity contribution in [2.45, 2.75) is 70.2 Å². The number of fused-ring (bicyclic) bond motifs is 1. The van der Waals surface area contributed by atoms with Gasteiger partial charge in [0.15, 0.2) is 0 Å². The van der Waals surface area contributed by atoms with Crippen molar-refractivity contribution in [2.75, 3.05) is 39.3 Å². The number of carbonyl (C=O) groups is 1. The van der Waals surface area contributed by atoms with Gasteiger partial charge in [-0.3, -0.25) is 14.5 Å². The highest BCUT2D eigenvalue weighted by atomic mass is 32.1. The number of carbonyl (C=O) groups excluding carboxylic acids is 1. The van der Waals surface area contributed by atoms with Crippen molar-refractivity contribution >= 4 is 28.1 Å². The zero-order chi connectivity index (χ0) is 33.1. The number of nitrogens with one attached hydrogen (secondary N) is 2. The molecule has 2 aromatic carbocycles. The normalized spacial score (nSPS) is 18.2. The summed E-state index contributed by atoms with van der Waals surface area (Å²) in [5.74, 6) is 0.533. The van der Waals surface area contributed by atoms with Crippen molar-refractivity contribution in [1.29, 1.82) is 0 Å². The number of benzene rings is 2. The van der Waals surface area contributed by atoms with Crippen molar-refractivity contribution < 1.29 is 19.7 Å². The second-order valence-electron chi connectivity index (χ2n) is 13.6. The van der Waals surface area contributed by atoms with Crippen LogP contribution in [0.3, 0.4) is 0 Å². The third kappa shape index (κ3) is 7.79. The Morgan fingerprint density at radius 3 is 2.62 bits per heavy atom. The van der Waals surface area contributed by atoms with Crippen LogP contribution in [-0.2, 0) is 17.7 Å². The number of aromatic amines is 1. The molecular formula is C37H46N4O5S. The first-order chi connectivity index (χ1) is 22.6. The minimum Gasteiger partial charge on any atom is -0.506 e. The summed E-state index contributed by atoms with van der Waals surface area (Å²) in [6.07, 6.45) is 1.83. The number of aromatic hydroxyl groups is 1. The Morgan fingerprint density at radius 2 is 1.85 bits per heavy atom. The quantitative estimate of drug-likeness (QED) is 0.186. The first-order valence-corrected chi connectivity index (χ1v) is 17.6. The van der Waals surface area contributed by atoms with E-state index in [2.05, 4.69) is 66.3 Å². The van der Waals surface area contributed by atoms with Crippen LogP contribution in [-0.4, -0.2) is 81.9 Å². The Morgan fingerprint density at radius 1 is 1.06 bits per heavy atom. The summed E-state index contributed by atoms with van der Waals surface area (Å²) in [6.45, 7) is 11.4. The number of piperidine rings is 1. The Hall–Kier alpha value is -3.54. The summed E-state index contributed by atoms with van der Waals surface area (Å²) in [4.78, 5) is 33.4. The third-order valence-electron chi connectivity index (χ3n) is 9.60. The van der Waals surface area contributed by atoms with E-state index in [1.54, 1.807) is 23.5 Å². The highest BCUT2D eigenvalue weighted by Gasteiger charge is 2.41. The molecule has 2 atom stereocenters. The second-order valence-corrected chi connectivity index (χ2v) is 14.5. The smallest absolute Gasteiger partial charge is 0.254 e. The van der Waals surface area contributed by atoms with E-state index in [1.165, 1.54) is 28.1 Å². The molecule has 1 spiro atoms. The molecule has 4 heterocycles. The topological polar surface area (TPSA) is 118 Å². The maximum atomic E-state index is 13.3. The Labute approximate surface area is 280 Å². The van der Waals surface area contributed by atoms with Gasteiger partial charge in [-0.15, -0.1) is 11.3 Å². The fourth-order valence-electron chi connectivity index (χ4n) is 6.90. The van der Waals surface area contributed by atoms with E-state index in [0.29, 0.717) is 48.6 Å². The number of aliphatic hydroxyl groups is 1. The van der Waals surface area contributed by atoms with Gasteiger partial charge in [0, 0.05) is 60.5 Å². The largest absolute Gasteiger partial charge is 0.506 e. The highest BCUT2D eigenvalue weighted by molar-refractivity contribution is 7.10. The van der Waals surface area contributed by atoms with E-state index in [-0.39, 0.29) is 28.9 Å². The second kappa shape index (κ2) is 14.3. The van der Waals surface area contributed by atoms with Crippen LogP contribution in [0.4, 0.5) is 0 Å². The number of aromatic nitrogens is 1. The number of morpholine rings is 1. The predicted octanol–water partition coefficient (Wildman–Crippen LogP) is 5.18. The number of ether oxygens (including phenoxy) is 1. The van der Waals surface area contributed by atoms with Crippen molar-refractivity contribution in [3.8, 4) is 5.75 Å². The molecule has 2 fully saturated rings. The van der Waals surface area contributed by atoms with E-state index in [1.807, 2.05) is 10.3 Å². The number of thiophene rings is 1. The zero-order valence-corrected chi connectivity index (χ0v) is 28.3. The molecule has 0 bridgehead atoms. The van der Waals surface area contributed by atoms with Gasteiger partial charge >= 0.3 is 0 Å². The lowest BCUT2D eigenvalue weighted by atomic mass is 9.89. The number of phenols is 1. The fraction of sp³-hybridized carbons (Fsp3) is 0.459. The molecule has 2 saturated heterocycles. The lowest BCUT2D eigenvalue weighted by Crippen LogP contribution is -2.57. The average molecular weight is 659 g/mol. The Bertz CT molecular complexity index is 1760. The minimum atomic E-state index is -0.799. The molecule has 9 nitrogen and oxygen atoms in total. The summed E-state index contributed by atoms with van der Waals surface area (Å²) >= 11 is 1.67. The van der Waals surface area contributed by atoms with E-state index >= 15 is 0 Å². The highest BCUT2D eigenvalue weighted by Crippen LogP contribution is 2.33. The van der Waals surface area contributed by atoms with Gasteiger partial charge in [-0.1, -0.05) is 44.2 Å². The van der Waals surface area contributed by atoms with Crippen LogP contribution in [0.2, 0.25) is 0 Å². The van der Waals surface area contributed by atoms with Gasteiger partial charge in [-0.25, -0.2) is 0 Å². The maximum absolute atomic E-state index is 13.3. The van der Waals surface area contributed by atoms with Crippen molar-refractivity contribution in [2.24, 2.45) is 0 Å². The lowest BCUT2D eigenvalue weighted by molar-refractivity contribution is -0.127. The van der Waals surface area contributed by atoms with Crippen LogP contribution in [0.5, 0.6) is 5.75 Å². The molecule has 6 rings (SSSR count). The molecule has 47 heavy (non-hydrogen) atoms. The van der Waals surface area contributed by atoms with E-state index in [9.17, 15) is 19.8 Å². The Balaban J connectivity index is 0.991. The number of nitrogens with zero attached hydrogens (tertiary/aromatic N) is 2. The van der Waals surface area contributed by atoms with Gasteiger partial charge in [0.05, 0.1) is 35.9 Å². The number of hydrogen-bond donors (Lipinski definition) is 4. The number of H-pyrrole nitrogens is 1. The van der Waals surface area contributed by atoms with Gasteiger partial charge in [0.25, 0.3) is 5.91 Å². The third-order valence-corrected chi connectivity index (χ3v) is 10.8. The minimum absolute atomic E-state index is 0.0191. The maximum Gasteiger partial charge on any atom is 0.254 e. The molecule has 0 aliphatic carbocycles. The monoisotopic (exact) mass is 658 g/mol. The zero-order valence-electron chi connectivity index (χ0n) is 27.5.